The molecule has 0 N–H and O–H groups in total. The fourth-order valence-electron chi connectivity index (χ4n) is 4.18. The maximum atomic E-state index is 13.7. The van der Waals surface area contributed by atoms with Gasteiger partial charge in [-0.3, -0.25) is 0 Å². The van der Waals surface area contributed by atoms with Gasteiger partial charge in [0.25, 0.3) is 0 Å². The zero-order chi connectivity index (χ0) is 52.5. The summed E-state index contributed by atoms with van der Waals surface area (Å²) in [4.78, 5) is 0. The van der Waals surface area contributed by atoms with E-state index in [0.29, 0.717) is 0 Å². The summed E-state index contributed by atoms with van der Waals surface area (Å²) >= 11 is 0. The fraction of sp³-hybridized carbons (Fsp3) is 1.00. The average molecular weight is 1060 g/mol. The van der Waals surface area contributed by atoms with E-state index in [2.05, 4.69) is 9.47 Å². The highest BCUT2D eigenvalue weighted by Crippen LogP contribution is 2.62. The van der Waals surface area contributed by atoms with Crippen LogP contribution in [-0.4, -0.2) is 191 Å². The second-order valence-electron chi connectivity index (χ2n) is 13.0. The van der Waals surface area contributed by atoms with E-state index in [1.165, 1.54) is 0 Å². The molecule has 404 valence electrons. The standard InChI is InChI=1S/C32H40F26O9/c33-21(34,23(37,38)25(41,42)27(45,46)29(49,50)31(53,54)55)1-3-59-5-7-61-9-11-63-13-15-65-17-19-67-20-18-66-16-14-64-12-10-62-8-6-60-4-2-22(35,36)24(39,40)26(43,44)28(47,48)30(51,52)32(56,57)58/h1-20H2. The Morgan fingerprint density at radius 1 is 0.164 bits per heavy atom. The number of ether oxygens (including phenoxy) is 9. The summed E-state index contributed by atoms with van der Waals surface area (Å²) in [5, 5.41) is 0. The molecular formula is C32H40F26O9. The summed E-state index contributed by atoms with van der Waals surface area (Å²) < 4.78 is 384. The van der Waals surface area contributed by atoms with E-state index in [1.54, 1.807) is 0 Å². The lowest BCUT2D eigenvalue weighted by molar-refractivity contribution is -0.440. The highest BCUT2D eigenvalue weighted by Gasteiger charge is 2.92. The number of alkyl halides is 26. The van der Waals surface area contributed by atoms with Crippen molar-refractivity contribution in [2.45, 2.75) is 84.4 Å². The number of hydrogen-bond donors (Lipinski definition) is 0. The summed E-state index contributed by atoms with van der Waals surface area (Å²) in [5.41, 5.74) is 0. The largest absolute Gasteiger partial charge is 0.460 e. The third-order valence-corrected chi connectivity index (χ3v) is 8.09. The van der Waals surface area contributed by atoms with E-state index in [0.717, 1.165) is 0 Å². The number of rotatable bonds is 38. The van der Waals surface area contributed by atoms with E-state index >= 15 is 0 Å². The topological polar surface area (TPSA) is 83.1 Å². The van der Waals surface area contributed by atoms with Gasteiger partial charge in [-0.15, -0.1) is 0 Å². The Bertz CT molecular complexity index is 1280. The molecule has 0 heterocycles. The van der Waals surface area contributed by atoms with Crippen LogP contribution in [0.5, 0.6) is 0 Å². The van der Waals surface area contributed by atoms with Crippen molar-refractivity contribution in [3.8, 4) is 0 Å². The van der Waals surface area contributed by atoms with Gasteiger partial charge in [-0.25, -0.2) is 0 Å². The number of hydrogen-bond acceptors (Lipinski definition) is 9. The SMILES string of the molecule is FC(F)(F)C(F)(F)C(F)(F)C(F)(F)C(F)(F)C(F)(F)CCOCCOCCOCCOCCOCCOCCOCCOCCOCCC(F)(F)C(F)(F)C(F)(F)C(F)(F)C(F)(F)C(F)(F)F. The Morgan fingerprint density at radius 2 is 0.299 bits per heavy atom. The minimum absolute atomic E-state index is 0.0184. The predicted molar refractivity (Wildman–Crippen MR) is 168 cm³/mol. The molecule has 0 aromatic heterocycles. The fourth-order valence-corrected chi connectivity index (χ4v) is 4.18. The normalized spacial score (nSPS) is 15.0. The van der Waals surface area contributed by atoms with Crippen LogP contribution in [0, 0.1) is 0 Å². The van der Waals surface area contributed by atoms with Crippen molar-refractivity contribution in [2.75, 3.05) is 119 Å². The first-order chi connectivity index (χ1) is 30.2. The zero-order valence-corrected chi connectivity index (χ0v) is 33.6. The Kier molecular flexibility index (Phi) is 25.0. The van der Waals surface area contributed by atoms with Gasteiger partial charge in [0.2, 0.25) is 0 Å². The van der Waals surface area contributed by atoms with Crippen LogP contribution in [0.2, 0.25) is 0 Å². The Labute approximate surface area is 360 Å². The first-order valence-corrected chi connectivity index (χ1v) is 18.3. The zero-order valence-electron chi connectivity index (χ0n) is 33.6. The van der Waals surface area contributed by atoms with Gasteiger partial charge in [0.05, 0.1) is 119 Å². The molecular weight excluding hydrogens is 1020 g/mol. The van der Waals surface area contributed by atoms with Crippen LogP contribution in [0.25, 0.3) is 0 Å². The lowest BCUT2D eigenvalue weighted by Crippen LogP contribution is -2.70. The molecule has 0 spiro atoms. The molecule has 0 aliphatic rings. The highest BCUT2D eigenvalue weighted by atomic mass is 19.4. The minimum atomic E-state index is -7.98. The monoisotopic (exact) mass is 1060 g/mol. The third-order valence-electron chi connectivity index (χ3n) is 8.09. The molecule has 35 heteroatoms. The van der Waals surface area contributed by atoms with Gasteiger partial charge in [0.15, 0.2) is 0 Å². The van der Waals surface area contributed by atoms with E-state index in [4.69, 9.17) is 33.2 Å². The number of halogens is 26. The average Bonchev–Trinajstić information content (AvgIpc) is 3.18. The first kappa shape index (κ1) is 64.8. The Morgan fingerprint density at radius 3 is 0.448 bits per heavy atom. The molecule has 0 unspecified atom stereocenters. The predicted octanol–water partition coefficient (Wildman–Crippen LogP) is 9.39. The van der Waals surface area contributed by atoms with Crippen LogP contribution in [0.15, 0.2) is 0 Å². The van der Waals surface area contributed by atoms with Crippen molar-refractivity contribution in [3.63, 3.8) is 0 Å². The van der Waals surface area contributed by atoms with Gasteiger partial charge in [-0.1, -0.05) is 0 Å². The lowest BCUT2D eigenvalue weighted by atomic mass is 9.93. The Hall–Kier alpha value is -2.18. The quantitative estimate of drug-likeness (QED) is 0.0444. The van der Waals surface area contributed by atoms with E-state index in [9.17, 15) is 114 Å². The van der Waals surface area contributed by atoms with E-state index in [1.807, 2.05) is 0 Å². The van der Waals surface area contributed by atoms with Gasteiger partial charge < -0.3 is 42.6 Å². The van der Waals surface area contributed by atoms with Gasteiger partial charge in [-0.2, -0.15) is 114 Å². The van der Waals surface area contributed by atoms with E-state index < -0.39 is 124 Å². The summed E-state index contributed by atoms with van der Waals surface area (Å²) in [7, 11) is 0. The molecule has 0 aliphatic heterocycles. The lowest BCUT2D eigenvalue weighted by Gasteiger charge is -2.39. The summed E-state index contributed by atoms with van der Waals surface area (Å²) in [6.07, 6.45) is -20.0. The van der Waals surface area contributed by atoms with Crippen LogP contribution in [0.3, 0.4) is 0 Å². The second kappa shape index (κ2) is 25.8. The molecule has 0 amide bonds. The molecule has 0 saturated carbocycles. The smallest absolute Gasteiger partial charge is 0.379 e. The maximum absolute atomic E-state index is 13.7. The van der Waals surface area contributed by atoms with Crippen LogP contribution >= 0.6 is 0 Å². The van der Waals surface area contributed by atoms with Crippen molar-refractivity contribution in [3.05, 3.63) is 0 Å². The molecule has 0 bridgehead atoms. The Balaban J connectivity index is 3.91. The second-order valence-corrected chi connectivity index (χ2v) is 13.0. The van der Waals surface area contributed by atoms with Crippen molar-refractivity contribution in [2.24, 2.45) is 0 Å². The molecule has 0 atom stereocenters. The van der Waals surface area contributed by atoms with E-state index in [-0.39, 0.29) is 79.3 Å². The van der Waals surface area contributed by atoms with Gasteiger partial charge >= 0.3 is 71.6 Å². The van der Waals surface area contributed by atoms with Crippen LogP contribution < -0.4 is 0 Å². The summed E-state index contributed by atoms with van der Waals surface area (Å²) in [6, 6.07) is 0. The summed E-state index contributed by atoms with van der Waals surface area (Å²) in [6.45, 7) is -5.38. The van der Waals surface area contributed by atoms with Crippen molar-refractivity contribution < 1.29 is 157 Å². The molecule has 0 saturated heterocycles. The van der Waals surface area contributed by atoms with Crippen molar-refractivity contribution >= 4 is 0 Å². The molecule has 67 heavy (non-hydrogen) atoms. The van der Waals surface area contributed by atoms with Crippen molar-refractivity contribution in [1.29, 1.82) is 0 Å². The molecule has 0 aliphatic carbocycles. The van der Waals surface area contributed by atoms with Crippen LogP contribution in [0.1, 0.15) is 12.8 Å². The maximum Gasteiger partial charge on any atom is 0.460 e. The van der Waals surface area contributed by atoms with Gasteiger partial charge in [0, 0.05) is 12.8 Å². The molecule has 0 radical (unpaired) electrons. The minimum Gasteiger partial charge on any atom is -0.379 e. The summed E-state index contributed by atoms with van der Waals surface area (Å²) in [5.74, 6) is -74.6. The van der Waals surface area contributed by atoms with Crippen LogP contribution in [0.4, 0.5) is 114 Å². The van der Waals surface area contributed by atoms with Gasteiger partial charge in [-0.05, 0) is 0 Å². The third kappa shape index (κ3) is 16.4. The first-order valence-electron chi connectivity index (χ1n) is 18.3. The highest BCUT2D eigenvalue weighted by molar-refractivity contribution is 5.11. The van der Waals surface area contributed by atoms with Crippen LogP contribution in [-0.2, 0) is 42.6 Å². The molecule has 0 rings (SSSR count). The van der Waals surface area contributed by atoms with Crippen molar-refractivity contribution in [1.82, 2.24) is 0 Å². The molecule has 0 aromatic carbocycles. The molecule has 9 nitrogen and oxygen atoms in total. The molecule has 0 fully saturated rings. The van der Waals surface area contributed by atoms with Gasteiger partial charge in [0.1, 0.15) is 0 Å². The molecule has 0 aromatic rings.